The standard InChI is InChI=1S/C28H36F3NO2/c1-17-5-10-22(11-6-17)34-24-12-9-19-7-8-20(15-23(19)26(24)28(29,30)31)18(2)32-25-16-21(13-14-33)27(25,3)4/h7-9,12,14-15,17-18,21-22,25,32H,5-6,10-11,13,16H2,1-4H3/t17?,18?,21-,22?,25+/m1/s1. The average Bonchev–Trinajstić information content (AvgIpc) is 2.78. The number of hydrogen-bond donors (Lipinski definition) is 1. The molecule has 2 aromatic carbocycles. The first kappa shape index (κ1) is 25.0. The number of nitrogens with one attached hydrogen (secondary N) is 1. The van der Waals surface area contributed by atoms with Crippen LogP contribution in [0.1, 0.15) is 83.4 Å². The van der Waals surface area contributed by atoms with Gasteiger partial charge in [0.1, 0.15) is 17.6 Å². The molecule has 2 aliphatic carbocycles. The maximum atomic E-state index is 14.3. The van der Waals surface area contributed by atoms with Crippen molar-refractivity contribution in [1.29, 1.82) is 0 Å². The lowest BCUT2D eigenvalue weighted by molar-refractivity contribution is -0.138. The van der Waals surface area contributed by atoms with Gasteiger partial charge >= 0.3 is 6.18 Å². The molecule has 1 unspecified atom stereocenters. The molecule has 6 heteroatoms. The van der Waals surface area contributed by atoms with Crippen LogP contribution in [0.3, 0.4) is 0 Å². The number of aldehydes is 1. The highest BCUT2D eigenvalue weighted by Gasteiger charge is 2.47. The zero-order valence-electron chi connectivity index (χ0n) is 20.5. The molecule has 0 bridgehead atoms. The van der Waals surface area contributed by atoms with E-state index in [0.717, 1.165) is 44.0 Å². The fourth-order valence-corrected chi connectivity index (χ4v) is 5.72. The van der Waals surface area contributed by atoms with Crippen molar-refractivity contribution in [2.75, 3.05) is 0 Å². The monoisotopic (exact) mass is 475 g/mol. The van der Waals surface area contributed by atoms with Gasteiger partial charge < -0.3 is 14.8 Å². The average molecular weight is 476 g/mol. The van der Waals surface area contributed by atoms with Crippen molar-refractivity contribution in [3.63, 3.8) is 0 Å². The highest BCUT2D eigenvalue weighted by Crippen LogP contribution is 2.48. The van der Waals surface area contributed by atoms with Gasteiger partial charge in [-0.2, -0.15) is 13.2 Å². The number of carbonyl (C=O) groups is 1. The van der Waals surface area contributed by atoms with Crippen LogP contribution in [0.2, 0.25) is 0 Å². The lowest BCUT2D eigenvalue weighted by Crippen LogP contribution is -2.57. The van der Waals surface area contributed by atoms with Crippen LogP contribution in [-0.2, 0) is 11.0 Å². The van der Waals surface area contributed by atoms with Crippen LogP contribution in [0.15, 0.2) is 30.3 Å². The van der Waals surface area contributed by atoms with E-state index in [0.29, 0.717) is 23.6 Å². The molecule has 2 saturated carbocycles. The molecule has 2 aliphatic rings. The maximum Gasteiger partial charge on any atom is 0.420 e. The third-order valence-corrected chi connectivity index (χ3v) is 8.35. The van der Waals surface area contributed by atoms with Gasteiger partial charge in [0.25, 0.3) is 0 Å². The number of ether oxygens (including phenoxy) is 1. The fourth-order valence-electron chi connectivity index (χ4n) is 5.72. The number of rotatable bonds is 7. The molecule has 0 aromatic heterocycles. The van der Waals surface area contributed by atoms with Gasteiger partial charge in [-0.15, -0.1) is 0 Å². The Labute approximate surface area is 200 Å². The van der Waals surface area contributed by atoms with Gasteiger partial charge in [0.05, 0.1) is 6.10 Å². The quantitative estimate of drug-likeness (QED) is 0.422. The number of alkyl halides is 3. The summed E-state index contributed by atoms with van der Waals surface area (Å²) >= 11 is 0. The van der Waals surface area contributed by atoms with Gasteiger partial charge in [-0.05, 0) is 84.7 Å². The normalized spacial score (nSPS) is 27.7. The minimum Gasteiger partial charge on any atom is -0.490 e. The highest BCUT2D eigenvalue weighted by atomic mass is 19.4. The van der Waals surface area contributed by atoms with Gasteiger partial charge in [-0.3, -0.25) is 0 Å². The zero-order valence-corrected chi connectivity index (χ0v) is 20.5. The van der Waals surface area contributed by atoms with Crippen LogP contribution in [0.25, 0.3) is 10.8 Å². The summed E-state index contributed by atoms with van der Waals surface area (Å²) in [6.07, 6.45) is 1.29. The van der Waals surface area contributed by atoms with Gasteiger partial charge in [0.2, 0.25) is 0 Å². The van der Waals surface area contributed by atoms with E-state index in [1.54, 1.807) is 18.2 Å². The highest BCUT2D eigenvalue weighted by molar-refractivity contribution is 5.89. The van der Waals surface area contributed by atoms with Crippen molar-refractivity contribution in [3.05, 3.63) is 41.5 Å². The van der Waals surface area contributed by atoms with Gasteiger partial charge in [-0.1, -0.05) is 39.0 Å². The van der Waals surface area contributed by atoms with Crippen molar-refractivity contribution in [2.45, 2.75) is 90.6 Å². The Hall–Kier alpha value is -2.08. The molecule has 0 saturated heterocycles. The molecule has 0 radical (unpaired) electrons. The second kappa shape index (κ2) is 9.52. The van der Waals surface area contributed by atoms with Gasteiger partial charge in [-0.25, -0.2) is 0 Å². The van der Waals surface area contributed by atoms with Crippen LogP contribution < -0.4 is 10.1 Å². The Bertz CT molecular complexity index is 1020. The number of halogens is 3. The molecule has 0 amide bonds. The van der Waals surface area contributed by atoms with E-state index < -0.39 is 11.7 Å². The zero-order chi connectivity index (χ0) is 24.7. The Morgan fingerprint density at radius 1 is 1.15 bits per heavy atom. The van der Waals surface area contributed by atoms with E-state index in [1.807, 2.05) is 13.0 Å². The molecule has 2 fully saturated rings. The van der Waals surface area contributed by atoms with E-state index in [4.69, 9.17) is 4.74 Å². The smallest absolute Gasteiger partial charge is 0.420 e. The van der Waals surface area contributed by atoms with Crippen LogP contribution >= 0.6 is 0 Å². The van der Waals surface area contributed by atoms with Gasteiger partial charge in [0.15, 0.2) is 0 Å². The minimum atomic E-state index is -4.51. The molecule has 0 spiro atoms. The lowest BCUT2D eigenvalue weighted by Gasteiger charge is -2.53. The predicted molar refractivity (Wildman–Crippen MR) is 129 cm³/mol. The molecule has 186 valence electrons. The summed E-state index contributed by atoms with van der Waals surface area (Å²) in [6, 6.07) is 8.65. The van der Waals surface area contributed by atoms with Crippen molar-refractivity contribution >= 4 is 17.1 Å². The summed E-state index contributed by atoms with van der Waals surface area (Å²) in [7, 11) is 0. The minimum absolute atomic E-state index is 0.0261. The predicted octanol–water partition coefficient (Wildman–Crippen LogP) is 7.47. The lowest BCUT2D eigenvalue weighted by atomic mass is 9.57. The first-order valence-electron chi connectivity index (χ1n) is 12.5. The summed E-state index contributed by atoms with van der Waals surface area (Å²) in [6.45, 7) is 8.46. The number of hydrogen-bond acceptors (Lipinski definition) is 3. The Balaban J connectivity index is 1.61. The maximum absolute atomic E-state index is 14.3. The number of fused-ring (bicyclic) bond motifs is 1. The first-order valence-corrected chi connectivity index (χ1v) is 12.5. The summed E-state index contributed by atoms with van der Waals surface area (Å²) in [5, 5.41) is 4.34. The van der Waals surface area contributed by atoms with E-state index in [1.165, 1.54) is 6.07 Å². The molecular formula is C28H36F3NO2. The van der Waals surface area contributed by atoms with Crippen LogP contribution in [0, 0.1) is 17.3 Å². The second-order valence-corrected chi connectivity index (χ2v) is 11.0. The van der Waals surface area contributed by atoms with Crippen molar-refractivity contribution in [1.82, 2.24) is 5.32 Å². The molecule has 3 atom stereocenters. The number of benzene rings is 2. The fraction of sp³-hybridized carbons (Fsp3) is 0.607. The topological polar surface area (TPSA) is 38.3 Å². The molecule has 0 heterocycles. The van der Waals surface area contributed by atoms with Crippen molar-refractivity contribution in [3.8, 4) is 5.75 Å². The van der Waals surface area contributed by atoms with Crippen LogP contribution in [-0.4, -0.2) is 18.4 Å². The molecule has 3 nitrogen and oxygen atoms in total. The Kier molecular flexibility index (Phi) is 7.01. The molecule has 0 aliphatic heterocycles. The molecular weight excluding hydrogens is 439 g/mol. The van der Waals surface area contributed by atoms with E-state index in [-0.39, 0.29) is 34.7 Å². The van der Waals surface area contributed by atoms with Crippen LogP contribution in [0.4, 0.5) is 13.2 Å². The third kappa shape index (κ3) is 4.98. The summed E-state index contributed by atoms with van der Waals surface area (Å²) < 4.78 is 48.8. The number of carbonyl (C=O) groups excluding carboxylic acids is 1. The van der Waals surface area contributed by atoms with E-state index >= 15 is 0 Å². The second-order valence-electron chi connectivity index (χ2n) is 11.0. The van der Waals surface area contributed by atoms with E-state index in [2.05, 4.69) is 26.1 Å². The third-order valence-electron chi connectivity index (χ3n) is 8.35. The Morgan fingerprint density at radius 3 is 2.44 bits per heavy atom. The van der Waals surface area contributed by atoms with Crippen molar-refractivity contribution < 1.29 is 22.7 Å². The van der Waals surface area contributed by atoms with Gasteiger partial charge in [0, 0.05) is 18.5 Å². The summed E-state index contributed by atoms with van der Waals surface area (Å²) in [5.41, 5.74) is 0.116. The first-order chi connectivity index (χ1) is 16.0. The molecule has 2 aromatic rings. The van der Waals surface area contributed by atoms with Crippen molar-refractivity contribution in [2.24, 2.45) is 17.3 Å². The van der Waals surface area contributed by atoms with E-state index in [9.17, 15) is 18.0 Å². The Morgan fingerprint density at radius 2 is 1.82 bits per heavy atom. The molecule has 34 heavy (non-hydrogen) atoms. The molecule has 1 N–H and O–H groups in total. The largest absolute Gasteiger partial charge is 0.490 e. The molecule has 4 rings (SSSR count). The summed E-state index contributed by atoms with van der Waals surface area (Å²) in [5.74, 6) is 0.879. The SMILES string of the molecule is CC1CCC(Oc2ccc3ccc(C(C)N[C@H]4C[C@@H](CC=O)C4(C)C)cc3c2C(F)(F)F)CC1. The van der Waals surface area contributed by atoms with Crippen LogP contribution in [0.5, 0.6) is 5.75 Å². The summed E-state index contributed by atoms with van der Waals surface area (Å²) in [4.78, 5) is 10.9.